The van der Waals surface area contributed by atoms with Gasteiger partial charge in [0.15, 0.2) is 0 Å². The van der Waals surface area contributed by atoms with Gasteiger partial charge >= 0.3 is 6.18 Å². The highest BCUT2D eigenvalue weighted by molar-refractivity contribution is 5.62. The Morgan fingerprint density at radius 1 is 0.941 bits per heavy atom. The maximum atomic E-state index is 13.0. The molecule has 2 rings (SSSR count). The van der Waals surface area contributed by atoms with Gasteiger partial charge in [-0.15, -0.1) is 0 Å². The third-order valence-electron chi connectivity index (χ3n) is 2.17. The molecule has 0 saturated heterocycles. The van der Waals surface area contributed by atoms with Crippen LogP contribution in [0.5, 0.6) is 0 Å². The number of aromatic nitrogens is 2. The lowest BCUT2D eigenvalue weighted by Crippen LogP contribution is -2.08. The summed E-state index contributed by atoms with van der Waals surface area (Å²) < 4.78 is 50.4. The van der Waals surface area contributed by atoms with Crippen LogP contribution in [0.15, 0.2) is 36.9 Å². The Morgan fingerprint density at radius 3 is 2.18 bits per heavy atom. The lowest BCUT2D eigenvalue weighted by molar-refractivity contribution is -0.139. The van der Waals surface area contributed by atoms with Crippen molar-refractivity contribution in [2.75, 3.05) is 0 Å². The Bertz CT molecular complexity index is 523. The lowest BCUT2D eigenvalue weighted by atomic mass is 10.1. The molecule has 1 heterocycles. The van der Waals surface area contributed by atoms with Gasteiger partial charge in [-0.05, 0) is 17.7 Å². The Morgan fingerprint density at radius 2 is 1.59 bits per heavy atom. The minimum atomic E-state index is -4.71. The van der Waals surface area contributed by atoms with Gasteiger partial charge < -0.3 is 0 Å². The van der Waals surface area contributed by atoms with E-state index in [1.165, 1.54) is 24.8 Å². The van der Waals surface area contributed by atoms with Gasteiger partial charge in [-0.3, -0.25) is 0 Å². The van der Waals surface area contributed by atoms with Gasteiger partial charge in [-0.1, -0.05) is 6.07 Å². The van der Waals surface area contributed by atoms with E-state index in [-0.39, 0.29) is 5.56 Å². The molecule has 0 unspecified atom stereocenters. The van der Waals surface area contributed by atoms with Gasteiger partial charge in [-0.25, -0.2) is 14.4 Å². The standard InChI is InChI=1S/C11H6F4N2/c12-10-2-1-7(3-9(10)11(13,14)15)8-4-16-6-17-5-8/h1-6H. The van der Waals surface area contributed by atoms with Gasteiger partial charge in [0.25, 0.3) is 0 Å². The Balaban J connectivity index is 2.53. The van der Waals surface area contributed by atoms with Gasteiger partial charge in [0.05, 0.1) is 5.56 Å². The number of hydrogen-bond acceptors (Lipinski definition) is 2. The summed E-state index contributed by atoms with van der Waals surface area (Å²) in [6, 6.07) is 2.78. The molecule has 2 aromatic rings. The first kappa shape index (κ1) is 11.5. The lowest BCUT2D eigenvalue weighted by Gasteiger charge is -2.09. The van der Waals surface area contributed by atoms with E-state index in [1.54, 1.807) is 0 Å². The minimum Gasteiger partial charge on any atom is -0.244 e. The monoisotopic (exact) mass is 242 g/mol. The number of hydrogen-bond donors (Lipinski definition) is 0. The fraction of sp³-hybridized carbons (Fsp3) is 0.0909. The van der Waals surface area contributed by atoms with Crippen LogP contribution in [0, 0.1) is 5.82 Å². The molecule has 0 atom stereocenters. The molecule has 17 heavy (non-hydrogen) atoms. The first-order valence-electron chi connectivity index (χ1n) is 4.60. The van der Waals surface area contributed by atoms with Crippen molar-refractivity contribution in [3.8, 4) is 11.1 Å². The van der Waals surface area contributed by atoms with Crippen molar-refractivity contribution in [3.05, 3.63) is 48.3 Å². The molecule has 0 aliphatic rings. The predicted octanol–water partition coefficient (Wildman–Crippen LogP) is 3.30. The van der Waals surface area contributed by atoms with Crippen molar-refractivity contribution in [1.29, 1.82) is 0 Å². The van der Waals surface area contributed by atoms with Crippen molar-refractivity contribution in [3.63, 3.8) is 0 Å². The van der Waals surface area contributed by atoms with Crippen LogP contribution in [0.2, 0.25) is 0 Å². The van der Waals surface area contributed by atoms with E-state index >= 15 is 0 Å². The van der Waals surface area contributed by atoms with Crippen LogP contribution in [0.3, 0.4) is 0 Å². The van der Waals surface area contributed by atoms with Crippen molar-refractivity contribution in [2.24, 2.45) is 0 Å². The second kappa shape index (κ2) is 4.12. The number of alkyl halides is 3. The molecule has 0 saturated carbocycles. The average Bonchev–Trinajstić information content (AvgIpc) is 2.29. The summed E-state index contributed by atoms with van der Waals surface area (Å²) >= 11 is 0. The first-order chi connectivity index (χ1) is 7.98. The largest absolute Gasteiger partial charge is 0.419 e. The summed E-state index contributed by atoms with van der Waals surface area (Å²) in [7, 11) is 0. The molecule has 2 nitrogen and oxygen atoms in total. The number of rotatable bonds is 1. The Kier molecular flexibility index (Phi) is 2.79. The number of nitrogens with zero attached hydrogens (tertiary/aromatic N) is 2. The van der Waals surface area contributed by atoms with Crippen molar-refractivity contribution in [1.82, 2.24) is 9.97 Å². The summed E-state index contributed by atoms with van der Waals surface area (Å²) in [5.41, 5.74) is -0.670. The smallest absolute Gasteiger partial charge is 0.244 e. The molecule has 1 aromatic carbocycles. The third kappa shape index (κ3) is 2.41. The molecule has 0 aliphatic heterocycles. The molecule has 0 fully saturated rings. The van der Waals surface area contributed by atoms with Crippen LogP contribution in [0.4, 0.5) is 17.6 Å². The molecule has 0 radical (unpaired) electrons. The zero-order valence-corrected chi connectivity index (χ0v) is 8.37. The summed E-state index contributed by atoms with van der Waals surface area (Å²) in [6.07, 6.45) is -0.728. The van der Waals surface area contributed by atoms with E-state index in [1.807, 2.05) is 0 Å². The second-order valence-electron chi connectivity index (χ2n) is 3.32. The maximum absolute atomic E-state index is 13.0. The third-order valence-corrected chi connectivity index (χ3v) is 2.17. The molecule has 0 spiro atoms. The van der Waals surface area contributed by atoms with E-state index in [0.29, 0.717) is 5.56 Å². The zero-order valence-electron chi connectivity index (χ0n) is 8.37. The highest BCUT2D eigenvalue weighted by Gasteiger charge is 2.34. The Hall–Kier alpha value is -1.98. The van der Waals surface area contributed by atoms with Crippen molar-refractivity contribution >= 4 is 0 Å². The molecule has 0 N–H and O–H groups in total. The van der Waals surface area contributed by atoms with E-state index in [4.69, 9.17) is 0 Å². The van der Waals surface area contributed by atoms with E-state index in [0.717, 1.165) is 12.1 Å². The second-order valence-corrected chi connectivity index (χ2v) is 3.32. The summed E-state index contributed by atoms with van der Waals surface area (Å²) in [5, 5.41) is 0. The molecular weight excluding hydrogens is 236 g/mol. The van der Waals surface area contributed by atoms with Crippen molar-refractivity contribution in [2.45, 2.75) is 6.18 Å². The molecule has 6 heteroatoms. The fourth-order valence-electron chi connectivity index (χ4n) is 1.37. The summed E-state index contributed by atoms with van der Waals surface area (Å²) in [4.78, 5) is 7.38. The van der Waals surface area contributed by atoms with Gasteiger partial charge in [0.1, 0.15) is 12.1 Å². The van der Waals surface area contributed by atoms with Crippen LogP contribution in [-0.4, -0.2) is 9.97 Å². The fourth-order valence-corrected chi connectivity index (χ4v) is 1.37. The van der Waals surface area contributed by atoms with Crippen LogP contribution in [0.1, 0.15) is 5.56 Å². The topological polar surface area (TPSA) is 25.8 Å². The highest BCUT2D eigenvalue weighted by atomic mass is 19.4. The predicted molar refractivity (Wildman–Crippen MR) is 52.4 cm³/mol. The van der Waals surface area contributed by atoms with E-state index in [2.05, 4.69) is 9.97 Å². The highest BCUT2D eigenvalue weighted by Crippen LogP contribution is 2.33. The zero-order chi connectivity index (χ0) is 12.5. The molecular formula is C11H6F4N2. The van der Waals surface area contributed by atoms with Gasteiger partial charge in [0, 0.05) is 18.0 Å². The minimum absolute atomic E-state index is 0.222. The van der Waals surface area contributed by atoms with Crippen LogP contribution in [0.25, 0.3) is 11.1 Å². The SMILES string of the molecule is Fc1ccc(-c2cncnc2)cc1C(F)(F)F. The van der Waals surface area contributed by atoms with Gasteiger partial charge in [0.2, 0.25) is 0 Å². The summed E-state index contributed by atoms with van der Waals surface area (Å²) in [5.74, 6) is -1.29. The van der Waals surface area contributed by atoms with Crippen LogP contribution < -0.4 is 0 Å². The number of halogens is 4. The normalized spacial score (nSPS) is 11.5. The average molecular weight is 242 g/mol. The number of benzene rings is 1. The van der Waals surface area contributed by atoms with Gasteiger partial charge in [-0.2, -0.15) is 13.2 Å². The maximum Gasteiger partial charge on any atom is 0.419 e. The summed E-state index contributed by atoms with van der Waals surface area (Å²) in [6.45, 7) is 0. The molecule has 0 amide bonds. The van der Waals surface area contributed by atoms with E-state index in [9.17, 15) is 17.6 Å². The van der Waals surface area contributed by atoms with Crippen LogP contribution >= 0.6 is 0 Å². The van der Waals surface area contributed by atoms with Crippen LogP contribution in [-0.2, 0) is 6.18 Å². The molecule has 0 bridgehead atoms. The van der Waals surface area contributed by atoms with E-state index < -0.39 is 17.6 Å². The first-order valence-corrected chi connectivity index (χ1v) is 4.60. The van der Waals surface area contributed by atoms with Crippen molar-refractivity contribution < 1.29 is 17.6 Å². The molecule has 88 valence electrons. The Labute approximate surface area is 94.0 Å². The quantitative estimate of drug-likeness (QED) is 0.717. The molecule has 0 aliphatic carbocycles. The molecule has 1 aromatic heterocycles.